The maximum atomic E-state index is 10.8. The number of rotatable bonds is 3. The fourth-order valence-electron chi connectivity index (χ4n) is 5.14. The van der Waals surface area contributed by atoms with Gasteiger partial charge in [0.15, 0.2) is 0 Å². The highest BCUT2D eigenvalue weighted by Crippen LogP contribution is 2.58. The van der Waals surface area contributed by atoms with Gasteiger partial charge in [-0.2, -0.15) is 0 Å². The van der Waals surface area contributed by atoms with Gasteiger partial charge in [0, 0.05) is 22.6 Å². The van der Waals surface area contributed by atoms with Crippen molar-refractivity contribution in [3.05, 3.63) is 22.3 Å². The van der Waals surface area contributed by atoms with E-state index < -0.39 is 0 Å². The third-order valence-corrected chi connectivity index (χ3v) is 6.77. The van der Waals surface area contributed by atoms with E-state index in [2.05, 4.69) is 13.8 Å². The molecule has 1 atom stereocenters. The molecule has 0 amide bonds. The molecule has 1 aromatic rings. The van der Waals surface area contributed by atoms with Crippen LogP contribution in [0.5, 0.6) is 11.5 Å². The van der Waals surface area contributed by atoms with Gasteiger partial charge in [0.2, 0.25) is 0 Å². The van der Waals surface area contributed by atoms with E-state index in [0.717, 1.165) is 37.0 Å². The van der Waals surface area contributed by atoms with Crippen LogP contribution in [0.25, 0.3) is 0 Å². The third-order valence-electron chi connectivity index (χ3n) is 6.51. The van der Waals surface area contributed by atoms with Crippen molar-refractivity contribution in [2.45, 2.75) is 82.7 Å². The number of hydrogen-bond acceptors (Lipinski definition) is 2. The van der Waals surface area contributed by atoms with Crippen LogP contribution in [0.2, 0.25) is 0 Å². The molecule has 0 aromatic heterocycles. The van der Waals surface area contributed by atoms with Crippen molar-refractivity contribution in [2.75, 3.05) is 5.88 Å². The molecule has 3 heteroatoms. The fourth-order valence-corrected chi connectivity index (χ4v) is 5.27. The maximum Gasteiger partial charge on any atom is 0.127 e. The molecule has 1 saturated carbocycles. The number of phenols is 1. The van der Waals surface area contributed by atoms with Crippen molar-refractivity contribution in [3.8, 4) is 11.5 Å². The second-order valence-electron chi connectivity index (χ2n) is 8.00. The molecule has 1 heterocycles. The molecular formula is C20H27ClO2. The quantitative estimate of drug-likeness (QED) is 0.733. The molecule has 2 nitrogen and oxygen atoms in total. The topological polar surface area (TPSA) is 29.5 Å². The summed E-state index contributed by atoms with van der Waals surface area (Å²) in [5, 5.41) is 10.8. The molecule has 0 spiro atoms. The van der Waals surface area contributed by atoms with Gasteiger partial charge in [-0.1, -0.05) is 0 Å². The minimum atomic E-state index is -0.101. The van der Waals surface area contributed by atoms with Crippen LogP contribution in [0.4, 0.5) is 0 Å². The zero-order valence-electron chi connectivity index (χ0n) is 14.3. The lowest BCUT2D eigenvalue weighted by Gasteiger charge is -2.44. The summed E-state index contributed by atoms with van der Waals surface area (Å²) in [7, 11) is 0. The summed E-state index contributed by atoms with van der Waals surface area (Å²) in [6, 6.07) is 0. The minimum absolute atomic E-state index is 0.101. The molecule has 1 unspecified atom stereocenters. The van der Waals surface area contributed by atoms with Gasteiger partial charge in [-0.05, 0) is 82.6 Å². The lowest BCUT2D eigenvalue weighted by atomic mass is 9.65. The van der Waals surface area contributed by atoms with Crippen LogP contribution in [0.3, 0.4) is 0 Å². The van der Waals surface area contributed by atoms with Gasteiger partial charge in [-0.15, -0.1) is 11.6 Å². The first kappa shape index (κ1) is 15.6. The third kappa shape index (κ3) is 2.36. The molecule has 4 aliphatic rings. The van der Waals surface area contributed by atoms with E-state index in [1.807, 2.05) is 0 Å². The second-order valence-corrected chi connectivity index (χ2v) is 8.38. The zero-order chi connectivity index (χ0) is 16.2. The van der Waals surface area contributed by atoms with E-state index >= 15 is 0 Å². The first-order chi connectivity index (χ1) is 11.0. The van der Waals surface area contributed by atoms with Crippen molar-refractivity contribution in [3.63, 3.8) is 0 Å². The Balaban J connectivity index is 1.82. The van der Waals surface area contributed by atoms with Crippen LogP contribution in [0, 0.1) is 6.92 Å². The molecular weight excluding hydrogens is 308 g/mol. The van der Waals surface area contributed by atoms with Crippen molar-refractivity contribution in [1.29, 1.82) is 0 Å². The summed E-state index contributed by atoms with van der Waals surface area (Å²) >= 11 is 5.91. The normalized spacial score (nSPS) is 31.4. The Hall–Kier alpha value is -0.890. The lowest BCUT2D eigenvalue weighted by Crippen LogP contribution is -2.38. The first-order valence-electron chi connectivity index (χ1n) is 9.17. The van der Waals surface area contributed by atoms with Gasteiger partial charge in [0.05, 0.1) is 0 Å². The second kappa shape index (κ2) is 5.58. The Morgan fingerprint density at radius 3 is 2.48 bits per heavy atom. The summed E-state index contributed by atoms with van der Waals surface area (Å²) in [6.45, 7) is 4.31. The Morgan fingerprint density at radius 2 is 1.83 bits per heavy atom. The summed E-state index contributed by atoms with van der Waals surface area (Å²) in [6.07, 6.45) is 9.02. The highest BCUT2D eigenvalue weighted by Gasteiger charge is 2.42. The monoisotopic (exact) mass is 334 g/mol. The standard InChI is InChI=1S/C20H27ClO2/c1-12-15-8-10-20(2,9-3-11-21)23-19(15)17-14-6-4-13(5-7-14)16(17)18(12)22/h13-14,22H,3-11H2,1-2H3. The van der Waals surface area contributed by atoms with E-state index in [1.165, 1.54) is 42.4 Å². The summed E-state index contributed by atoms with van der Waals surface area (Å²) in [5.41, 5.74) is 4.81. The molecule has 1 fully saturated rings. The van der Waals surface area contributed by atoms with Gasteiger partial charge in [0.25, 0.3) is 0 Å². The molecule has 0 saturated heterocycles. The van der Waals surface area contributed by atoms with Crippen LogP contribution >= 0.6 is 11.6 Å². The fraction of sp³-hybridized carbons (Fsp3) is 0.700. The average Bonchev–Trinajstić information content (AvgIpc) is 2.58. The number of phenolic OH excluding ortho intramolecular Hbond substituents is 1. The Morgan fingerprint density at radius 1 is 1.17 bits per heavy atom. The highest BCUT2D eigenvalue weighted by molar-refractivity contribution is 6.17. The van der Waals surface area contributed by atoms with Gasteiger partial charge < -0.3 is 9.84 Å². The molecule has 126 valence electrons. The summed E-state index contributed by atoms with van der Waals surface area (Å²) < 4.78 is 6.64. The van der Waals surface area contributed by atoms with Crippen molar-refractivity contribution >= 4 is 11.6 Å². The van der Waals surface area contributed by atoms with Gasteiger partial charge in [-0.3, -0.25) is 0 Å². The predicted octanol–water partition coefficient (Wildman–Crippen LogP) is 5.56. The molecule has 2 bridgehead atoms. The highest BCUT2D eigenvalue weighted by atomic mass is 35.5. The zero-order valence-corrected chi connectivity index (χ0v) is 15.0. The lowest BCUT2D eigenvalue weighted by molar-refractivity contribution is 0.0524. The van der Waals surface area contributed by atoms with E-state index in [1.54, 1.807) is 0 Å². The van der Waals surface area contributed by atoms with E-state index in [0.29, 0.717) is 23.5 Å². The van der Waals surface area contributed by atoms with Crippen LogP contribution in [-0.2, 0) is 6.42 Å². The Bertz CT molecular complexity index is 631. The van der Waals surface area contributed by atoms with Crippen LogP contribution in [-0.4, -0.2) is 16.6 Å². The number of halogens is 1. The number of aromatic hydroxyl groups is 1. The average molecular weight is 335 g/mol. The number of fused-ring (bicyclic) bond motifs is 3. The van der Waals surface area contributed by atoms with Crippen molar-refractivity contribution < 1.29 is 9.84 Å². The first-order valence-corrected chi connectivity index (χ1v) is 9.70. The maximum absolute atomic E-state index is 10.8. The van der Waals surface area contributed by atoms with Crippen molar-refractivity contribution in [1.82, 2.24) is 0 Å². The van der Waals surface area contributed by atoms with Gasteiger partial charge in [0.1, 0.15) is 17.1 Å². The molecule has 1 aromatic carbocycles. The number of alkyl halides is 1. The van der Waals surface area contributed by atoms with Gasteiger partial charge in [-0.25, -0.2) is 0 Å². The van der Waals surface area contributed by atoms with E-state index in [4.69, 9.17) is 16.3 Å². The number of ether oxygens (including phenoxy) is 1. The Kier molecular flexibility index (Phi) is 3.79. The van der Waals surface area contributed by atoms with Crippen LogP contribution in [0.15, 0.2) is 0 Å². The molecule has 23 heavy (non-hydrogen) atoms. The van der Waals surface area contributed by atoms with E-state index in [-0.39, 0.29) is 5.60 Å². The predicted molar refractivity (Wildman–Crippen MR) is 94.1 cm³/mol. The molecule has 5 rings (SSSR count). The number of hydrogen-bond donors (Lipinski definition) is 1. The SMILES string of the molecule is Cc1c(O)c2c(c3c1CCC(C)(CCCCl)O3)C1CCC2CC1. The van der Waals surface area contributed by atoms with Gasteiger partial charge >= 0.3 is 0 Å². The van der Waals surface area contributed by atoms with E-state index in [9.17, 15) is 5.11 Å². The smallest absolute Gasteiger partial charge is 0.127 e. The summed E-state index contributed by atoms with van der Waals surface area (Å²) in [5.74, 6) is 3.53. The largest absolute Gasteiger partial charge is 0.507 e. The molecule has 3 aliphatic carbocycles. The Labute approximate surface area is 144 Å². The van der Waals surface area contributed by atoms with Crippen molar-refractivity contribution in [2.24, 2.45) is 0 Å². The minimum Gasteiger partial charge on any atom is -0.507 e. The summed E-state index contributed by atoms with van der Waals surface area (Å²) in [4.78, 5) is 0. The molecule has 1 N–H and O–H groups in total. The molecule has 1 aliphatic heterocycles. The van der Waals surface area contributed by atoms with Crippen LogP contribution in [0.1, 0.15) is 86.0 Å². The van der Waals surface area contributed by atoms with Crippen LogP contribution < -0.4 is 4.74 Å². The number of benzene rings is 1. The molecule has 0 radical (unpaired) electrons.